The van der Waals surface area contributed by atoms with Crippen molar-refractivity contribution in [1.29, 1.82) is 0 Å². The summed E-state index contributed by atoms with van der Waals surface area (Å²) in [5.74, 6) is 1.56. The lowest BCUT2D eigenvalue weighted by Crippen LogP contribution is -2.11. The van der Waals surface area contributed by atoms with E-state index in [9.17, 15) is 0 Å². The summed E-state index contributed by atoms with van der Waals surface area (Å²) in [5, 5.41) is 3.33. The molecule has 0 bridgehead atoms. The third-order valence-corrected chi connectivity index (χ3v) is 3.79. The molecule has 1 N–H and O–H groups in total. The number of ether oxygens (including phenoxy) is 2. The molecule has 0 amide bonds. The number of nitrogens with one attached hydrogen (secondary N) is 1. The molecule has 5 nitrogen and oxygen atoms in total. The standard InChI is InChI=1S/C18H21N3O2/c1-4-19-11-13-7-8-21-12-16(20-18(21)9-13)15-10-14(22-2)5-6-17(15)23-3/h5-10,12,19H,4,11H2,1-3H3. The van der Waals surface area contributed by atoms with Crippen molar-refractivity contribution in [2.45, 2.75) is 13.5 Å². The zero-order valence-electron chi connectivity index (χ0n) is 13.7. The Morgan fingerprint density at radius 3 is 2.74 bits per heavy atom. The van der Waals surface area contributed by atoms with E-state index in [2.05, 4.69) is 24.4 Å². The summed E-state index contributed by atoms with van der Waals surface area (Å²) in [6, 6.07) is 9.92. The third kappa shape index (κ3) is 3.14. The van der Waals surface area contributed by atoms with Gasteiger partial charge in [0.2, 0.25) is 0 Å². The van der Waals surface area contributed by atoms with E-state index in [0.717, 1.165) is 41.5 Å². The van der Waals surface area contributed by atoms with Crippen molar-refractivity contribution >= 4 is 5.65 Å². The summed E-state index contributed by atoms with van der Waals surface area (Å²) in [6.07, 6.45) is 4.04. The molecule has 23 heavy (non-hydrogen) atoms. The molecule has 0 fully saturated rings. The van der Waals surface area contributed by atoms with Gasteiger partial charge in [-0.3, -0.25) is 0 Å². The number of imidazole rings is 1. The molecule has 1 aromatic carbocycles. The predicted octanol–water partition coefficient (Wildman–Crippen LogP) is 3.13. The average molecular weight is 311 g/mol. The number of benzene rings is 1. The highest BCUT2D eigenvalue weighted by Gasteiger charge is 2.11. The molecule has 2 heterocycles. The van der Waals surface area contributed by atoms with Crippen molar-refractivity contribution in [1.82, 2.24) is 14.7 Å². The Balaban J connectivity index is 2.03. The van der Waals surface area contributed by atoms with Crippen molar-refractivity contribution in [3.05, 3.63) is 48.3 Å². The highest BCUT2D eigenvalue weighted by molar-refractivity contribution is 5.71. The van der Waals surface area contributed by atoms with Gasteiger partial charge in [0.1, 0.15) is 17.1 Å². The zero-order chi connectivity index (χ0) is 16.2. The van der Waals surface area contributed by atoms with E-state index >= 15 is 0 Å². The topological polar surface area (TPSA) is 47.8 Å². The number of pyridine rings is 1. The Kier molecular flexibility index (Phi) is 4.48. The van der Waals surface area contributed by atoms with Crippen LogP contribution in [0.25, 0.3) is 16.9 Å². The molecule has 0 radical (unpaired) electrons. The highest BCUT2D eigenvalue weighted by Crippen LogP contribution is 2.32. The van der Waals surface area contributed by atoms with E-state index in [0.29, 0.717) is 0 Å². The second-order valence-corrected chi connectivity index (χ2v) is 5.27. The van der Waals surface area contributed by atoms with Crippen LogP contribution in [0.4, 0.5) is 0 Å². The van der Waals surface area contributed by atoms with Crippen LogP contribution in [0.15, 0.2) is 42.7 Å². The lowest BCUT2D eigenvalue weighted by Gasteiger charge is -2.08. The molecule has 0 saturated carbocycles. The maximum absolute atomic E-state index is 5.46. The molecule has 3 aromatic rings. The van der Waals surface area contributed by atoms with E-state index in [1.165, 1.54) is 5.56 Å². The maximum Gasteiger partial charge on any atom is 0.137 e. The van der Waals surface area contributed by atoms with Gasteiger partial charge in [-0.25, -0.2) is 4.98 Å². The van der Waals surface area contributed by atoms with Crippen LogP contribution >= 0.6 is 0 Å². The van der Waals surface area contributed by atoms with E-state index in [4.69, 9.17) is 14.5 Å². The normalized spacial score (nSPS) is 10.9. The Morgan fingerprint density at radius 1 is 1.13 bits per heavy atom. The van der Waals surface area contributed by atoms with Gasteiger partial charge >= 0.3 is 0 Å². The van der Waals surface area contributed by atoms with Crippen molar-refractivity contribution in [2.24, 2.45) is 0 Å². The summed E-state index contributed by atoms with van der Waals surface area (Å²) >= 11 is 0. The molecule has 120 valence electrons. The first-order valence-corrected chi connectivity index (χ1v) is 7.66. The molecule has 0 spiro atoms. The summed E-state index contributed by atoms with van der Waals surface area (Å²) < 4.78 is 12.8. The quantitative estimate of drug-likeness (QED) is 0.760. The van der Waals surface area contributed by atoms with Crippen LogP contribution in [-0.4, -0.2) is 30.1 Å². The van der Waals surface area contributed by atoms with E-state index < -0.39 is 0 Å². The van der Waals surface area contributed by atoms with Gasteiger partial charge in [-0.2, -0.15) is 0 Å². The Bertz CT molecular complexity index is 811. The van der Waals surface area contributed by atoms with Crippen molar-refractivity contribution in [3.8, 4) is 22.8 Å². The number of nitrogens with zero attached hydrogens (tertiary/aromatic N) is 2. The fraction of sp³-hybridized carbons (Fsp3) is 0.278. The van der Waals surface area contributed by atoms with Gasteiger partial charge in [0, 0.05) is 24.5 Å². The molecule has 0 unspecified atom stereocenters. The molecule has 0 saturated heterocycles. The van der Waals surface area contributed by atoms with E-state index in [1.54, 1.807) is 14.2 Å². The number of hydrogen-bond acceptors (Lipinski definition) is 4. The summed E-state index contributed by atoms with van der Waals surface area (Å²) in [4.78, 5) is 4.74. The Labute approximate surface area is 135 Å². The second kappa shape index (κ2) is 6.71. The smallest absolute Gasteiger partial charge is 0.137 e. The van der Waals surface area contributed by atoms with Gasteiger partial charge in [-0.05, 0) is 42.4 Å². The lowest BCUT2D eigenvalue weighted by atomic mass is 10.1. The van der Waals surface area contributed by atoms with Gasteiger partial charge in [0.25, 0.3) is 0 Å². The SMILES string of the molecule is CCNCc1ccn2cc(-c3cc(OC)ccc3OC)nc2c1. The van der Waals surface area contributed by atoms with Gasteiger partial charge in [-0.1, -0.05) is 6.92 Å². The number of rotatable bonds is 6. The minimum atomic E-state index is 0.780. The van der Waals surface area contributed by atoms with Crippen LogP contribution < -0.4 is 14.8 Å². The summed E-state index contributed by atoms with van der Waals surface area (Å²) in [5.41, 5.74) is 3.92. The first-order chi connectivity index (χ1) is 11.2. The predicted molar refractivity (Wildman–Crippen MR) is 91.1 cm³/mol. The molecule has 0 aliphatic carbocycles. The highest BCUT2D eigenvalue weighted by atomic mass is 16.5. The molecule has 0 aliphatic heterocycles. The van der Waals surface area contributed by atoms with Crippen LogP contribution in [0.3, 0.4) is 0 Å². The van der Waals surface area contributed by atoms with Gasteiger partial charge in [-0.15, -0.1) is 0 Å². The molecule has 0 atom stereocenters. The molecule has 2 aromatic heterocycles. The first-order valence-electron chi connectivity index (χ1n) is 7.66. The molecular formula is C18H21N3O2. The molecule has 3 rings (SSSR count). The Hall–Kier alpha value is -2.53. The van der Waals surface area contributed by atoms with Crippen molar-refractivity contribution in [2.75, 3.05) is 20.8 Å². The Morgan fingerprint density at radius 2 is 2.00 bits per heavy atom. The monoisotopic (exact) mass is 311 g/mol. The number of aromatic nitrogens is 2. The van der Waals surface area contributed by atoms with Gasteiger partial charge < -0.3 is 19.2 Å². The molecule has 0 aliphatic rings. The van der Waals surface area contributed by atoms with E-state index in [-0.39, 0.29) is 0 Å². The maximum atomic E-state index is 5.46. The second-order valence-electron chi connectivity index (χ2n) is 5.27. The van der Waals surface area contributed by atoms with Gasteiger partial charge in [0.15, 0.2) is 0 Å². The summed E-state index contributed by atoms with van der Waals surface area (Å²) in [6.45, 7) is 3.89. The minimum Gasteiger partial charge on any atom is -0.497 e. The molecule has 5 heteroatoms. The first kappa shape index (κ1) is 15.4. The third-order valence-electron chi connectivity index (χ3n) is 3.79. The van der Waals surface area contributed by atoms with Crippen LogP contribution in [0.1, 0.15) is 12.5 Å². The van der Waals surface area contributed by atoms with E-state index in [1.807, 2.05) is 35.0 Å². The minimum absolute atomic E-state index is 0.780. The van der Waals surface area contributed by atoms with Crippen LogP contribution in [0, 0.1) is 0 Å². The number of methoxy groups -OCH3 is 2. The van der Waals surface area contributed by atoms with Crippen LogP contribution in [0.5, 0.6) is 11.5 Å². The number of fused-ring (bicyclic) bond motifs is 1. The van der Waals surface area contributed by atoms with Gasteiger partial charge in [0.05, 0.1) is 19.9 Å². The van der Waals surface area contributed by atoms with Crippen molar-refractivity contribution < 1.29 is 9.47 Å². The number of hydrogen-bond donors (Lipinski definition) is 1. The fourth-order valence-corrected chi connectivity index (χ4v) is 2.55. The largest absolute Gasteiger partial charge is 0.497 e. The van der Waals surface area contributed by atoms with Crippen LogP contribution in [-0.2, 0) is 6.54 Å². The summed E-state index contributed by atoms with van der Waals surface area (Å²) in [7, 11) is 3.32. The molecular weight excluding hydrogens is 290 g/mol. The average Bonchev–Trinajstić information content (AvgIpc) is 3.02. The lowest BCUT2D eigenvalue weighted by molar-refractivity contribution is 0.404. The van der Waals surface area contributed by atoms with Crippen LogP contribution in [0.2, 0.25) is 0 Å². The fourth-order valence-electron chi connectivity index (χ4n) is 2.55. The van der Waals surface area contributed by atoms with Crippen molar-refractivity contribution in [3.63, 3.8) is 0 Å². The zero-order valence-corrected chi connectivity index (χ0v) is 13.7.